The van der Waals surface area contributed by atoms with Gasteiger partial charge in [0.1, 0.15) is 0 Å². The molecule has 0 saturated carbocycles. The van der Waals surface area contributed by atoms with Crippen LogP contribution >= 0.6 is 0 Å². The van der Waals surface area contributed by atoms with Crippen molar-refractivity contribution in [3.63, 3.8) is 0 Å². The molecule has 1 heterocycles. The van der Waals surface area contributed by atoms with Crippen LogP contribution in [0.5, 0.6) is 0 Å². The zero-order valence-electron chi connectivity index (χ0n) is 13.2. The molecule has 1 saturated heterocycles. The molecule has 2 aromatic carbocycles. The highest BCUT2D eigenvalue weighted by molar-refractivity contribution is 7.89. The molecule has 0 radical (unpaired) electrons. The van der Waals surface area contributed by atoms with E-state index in [9.17, 15) is 8.42 Å². The average molecular weight is 330 g/mol. The SMILES string of the molecule is CC1CC(N)CCN1S(=O)(=O)c1ccccc1-c1ccccc1. The normalized spacial score (nSPS) is 22.9. The highest BCUT2D eigenvalue weighted by Gasteiger charge is 2.34. The third-order valence-corrected chi connectivity index (χ3v) is 6.49. The van der Waals surface area contributed by atoms with Crippen LogP contribution in [0, 0.1) is 0 Å². The minimum atomic E-state index is -3.54. The summed E-state index contributed by atoms with van der Waals surface area (Å²) in [5.41, 5.74) is 7.62. The summed E-state index contributed by atoms with van der Waals surface area (Å²) in [6.07, 6.45) is 1.41. The molecule has 0 spiro atoms. The molecule has 0 aliphatic carbocycles. The highest BCUT2D eigenvalue weighted by atomic mass is 32.2. The predicted molar refractivity (Wildman–Crippen MR) is 92.4 cm³/mol. The van der Waals surface area contributed by atoms with Crippen molar-refractivity contribution in [3.05, 3.63) is 54.6 Å². The van der Waals surface area contributed by atoms with E-state index >= 15 is 0 Å². The first-order chi connectivity index (χ1) is 11.0. The summed E-state index contributed by atoms with van der Waals surface area (Å²) >= 11 is 0. The lowest BCUT2D eigenvalue weighted by molar-refractivity contribution is 0.247. The van der Waals surface area contributed by atoms with Gasteiger partial charge in [0, 0.05) is 24.2 Å². The van der Waals surface area contributed by atoms with Crippen molar-refractivity contribution in [1.82, 2.24) is 4.31 Å². The number of nitrogens with two attached hydrogens (primary N) is 1. The number of hydrogen-bond acceptors (Lipinski definition) is 3. The van der Waals surface area contributed by atoms with Crippen LogP contribution in [0.4, 0.5) is 0 Å². The molecule has 3 rings (SSSR count). The Labute approximate surface area is 138 Å². The number of piperidine rings is 1. The van der Waals surface area contributed by atoms with Gasteiger partial charge < -0.3 is 5.73 Å². The predicted octanol–water partition coefficient (Wildman–Crippen LogP) is 2.85. The number of benzene rings is 2. The number of hydrogen-bond donors (Lipinski definition) is 1. The second-order valence-electron chi connectivity index (χ2n) is 6.11. The summed E-state index contributed by atoms with van der Waals surface area (Å²) in [5, 5.41) is 0. The summed E-state index contributed by atoms with van der Waals surface area (Å²) < 4.78 is 28.0. The zero-order valence-corrected chi connectivity index (χ0v) is 14.0. The molecule has 2 atom stereocenters. The van der Waals surface area contributed by atoms with Gasteiger partial charge in [-0.3, -0.25) is 0 Å². The first kappa shape index (κ1) is 16.2. The first-order valence-corrected chi connectivity index (χ1v) is 9.36. The van der Waals surface area contributed by atoms with Gasteiger partial charge in [0.05, 0.1) is 4.90 Å². The van der Waals surface area contributed by atoms with Gasteiger partial charge in [-0.15, -0.1) is 0 Å². The van der Waals surface area contributed by atoms with Crippen LogP contribution in [0.15, 0.2) is 59.5 Å². The molecule has 1 aliphatic heterocycles. The molecule has 0 amide bonds. The van der Waals surface area contributed by atoms with Gasteiger partial charge in [0.2, 0.25) is 10.0 Å². The van der Waals surface area contributed by atoms with Crippen molar-refractivity contribution in [2.75, 3.05) is 6.54 Å². The standard InChI is InChI=1S/C18H22N2O2S/c1-14-13-16(19)11-12-20(14)23(21,22)18-10-6-5-9-17(18)15-7-3-2-4-8-15/h2-10,14,16H,11-13,19H2,1H3. The Kier molecular flexibility index (Phi) is 4.53. The van der Waals surface area contributed by atoms with E-state index in [2.05, 4.69) is 0 Å². The molecule has 122 valence electrons. The van der Waals surface area contributed by atoms with E-state index in [4.69, 9.17) is 5.73 Å². The van der Waals surface area contributed by atoms with Crippen LogP contribution in [0.2, 0.25) is 0 Å². The largest absolute Gasteiger partial charge is 0.328 e. The van der Waals surface area contributed by atoms with E-state index < -0.39 is 10.0 Å². The van der Waals surface area contributed by atoms with Crippen LogP contribution in [-0.4, -0.2) is 31.4 Å². The Morgan fingerprint density at radius 2 is 1.70 bits per heavy atom. The van der Waals surface area contributed by atoms with Crippen molar-refractivity contribution < 1.29 is 8.42 Å². The topological polar surface area (TPSA) is 63.4 Å². The van der Waals surface area contributed by atoms with Crippen molar-refractivity contribution in [2.24, 2.45) is 5.73 Å². The van der Waals surface area contributed by atoms with Gasteiger partial charge in [0.25, 0.3) is 0 Å². The molecule has 4 nitrogen and oxygen atoms in total. The maximum atomic E-state index is 13.2. The minimum absolute atomic E-state index is 0.0763. The molecule has 5 heteroatoms. The van der Waals surface area contributed by atoms with Gasteiger partial charge in [-0.25, -0.2) is 8.42 Å². The van der Waals surface area contributed by atoms with E-state index in [1.807, 2.05) is 49.4 Å². The fourth-order valence-electron chi connectivity index (χ4n) is 3.22. The molecule has 2 N–H and O–H groups in total. The molecular formula is C18H22N2O2S. The Balaban J connectivity index is 2.05. The van der Waals surface area contributed by atoms with Crippen molar-refractivity contribution in [1.29, 1.82) is 0 Å². The van der Waals surface area contributed by atoms with Crippen LogP contribution in [0.25, 0.3) is 11.1 Å². The van der Waals surface area contributed by atoms with E-state index in [1.54, 1.807) is 16.4 Å². The van der Waals surface area contributed by atoms with Crippen LogP contribution in [0.1, 0.15) is 19.8 Å². The zero-order chi connectivity index (χ0) is 16.4. The van der Waals surface area contributed by atoms with Gasteiger partial charge in [-0.05, 0) is 31.4 Å². The maximum Gasteiger partial charge on any atom is 0.243 e. The second-order valence-corrected chi connectivity index (χ2v) is 7.97. The quantitative estimate of drug-likeness (QED) is 0.941. The molecular weight excluding hydrogens is 308 g/mol. The van der Waals surface area contributed by atoms with E-state index in [-0.39, 0.29) is 12.1 Å². The van der Waals surface area contributed by atoms with Crippen molar-refractivity contribution in [2.45, 2.75) is 36.7 Å². The fourth-order valence-corrected chi connectivity index (χ4v) is 5.09. The van der Waals surface area contributed by atoms with E-state index in [0.29, 0.717) is 24.3 Å². The fraction of sp³-hybridized carbons (Fsp3) is 0.333. The molecule has 1 aliphatic rings. The molecule has 1 fully saturated rings. The van der Waals surface area contributed by atoms with Crippen molar-refractivity contribution >= 4 is 10.0 Å². The first-order valence-electron chi connectivity index (χ1n) is 7.92. The summed E-state index contributed by atoms with van der Waals surface area (Å²) in [7, 11) is -3.54. The number of rotatable bonds is 3. The van der Waals surface area contributed by atoms with Gasteiger partial charge in [-0.1, -0.05) is 48.5 Å². The van der Waals surface area contributed by atoms with Gasteiger partial charge in [-0.2, -0.15) is 4.31 Å². The molecule has 0 aromatic heterocycles. The smallest absolute Gasteiger partial charge is 0.243 e. The molecule has 2 unspecified atom stereocenters. The van der Waals surface area contributed by atoms with E-state index in [1.165, 1.54) is 0 Å². The third kappa shape index (κ3) is 3.17. The lowest BCUT2D eigenvalue weighted by atomic mass is 10.0. The molecule has 2 aromatic rings. The molecule has 0 bridgehead atoms. The van der Waals surface area contributed by atoms with Crippen LogP contribution < -0.4 is 5.73 Å². The lowest BCUT2D eigenvalue weighted by Gasteiger charge is -2.35. The Morgan fingerprint density at radius 1 is 1.04 bits per heavy atom. The Hall–Kier alpha value is -1.69. The Morgan fingerprint density at radius 3 is 2.39 bits per heavy atom. The Bertz CT molecular complexity index is 775. The van der Waals surface area contributed by atoms with Crippen LogP contribution in [-0.2, 0) is 10.0 Å². The lowest BCUT2D eigenvalue weighted by Crippen LogP contribution is -2.48. The number of nitrogens with zero attached hydrogens (tertiary/aromatic N) is 1. The van der Waals surface area contributed by atoms with Crippen LogP contribution in [0.3, 0.4) is 0 Å². The summed E-state index contributed by atoms with van der Waals surface area (Å²) in [4.78, 5) is 0.369. The minimum Gasteiger partial charge on any atom is -0.328 e. The van der Waals surface area contributed by atoms with Gasteiger partial charge >= 0.3 is 0 Å². The van der Waals surface area contributed by atoms with Crippen molar-refractivity contribution in [3.8, 4) is 11.1 Å². The maximum absolute atomic E-state index is 13.2. The highest BCUT2D eigenvalue weighted by Crippen LogP contribution is 2.32. The van der Waals surface area contributed by atoms with Gasteiger partial charge in [0.15, 0.2) is 0 Å². The summed E-state index contributed by atoms with van der Waals surface area (Å²) in [6.45, 7) is 2.41. The third-order valence-electron chi connectivity index (χ3n) is 4.41. The summed E-state index contributed by atoms with van der Waals surface area (Å²) in [6, 6.07) is 16.8. The number of sulfonamides is 1. The second kappa shape index (κ2) is 6.43. The average Bonchev–Trinajstić information content (AvgIpc) is 2.55. The summed E-state index contributed by atoms with van der Waals surface area (Å²) in [5.74, 6) is 0. The monoisotopic (exact) mass is 330 g/mol. The van der Waals surface area contributed by atoms with E-state index in [0.717, 1.165) is 11.1 Å². The molecule has 23 heavy (non-hydrogen) atoms.